The number of rotatable bonds is 7. The Morgan fingerprint density at radius 1 is 1.25 bits per heavy atom. The zero-order chi connectivity index (χ0) is 19.3. The Balaban J connectivity index is 1.44. The van der Waals surface area contributed by atoms with Crippen LogP contribution in [0.3, 0.4) is 0 Å². The highest BCUT2D eigenvalue weighted by Crippen LogP contribution is 2.30. The van der Waals surface area contributed by atoms with Crippen molar-refractivity contribution in [2.75, 3.05) is 24.6 Å². The molecule has 3 heterocycles. The summed E-state index contributed by atoms with van der Waals surface area (Å²) < 4.78 is 6.79. The van der Waals surface area contributed by atoms with Crippen LogP contribution in [0.4, 0.5) is 5.13 Å². The van der Waals surface area contributed by atoms with Crippen molar-refractivity contribution < 1.29 is 14.3 Å². The van der Waals surface area contributed by atoms with E-state index in [0.717, 1.165) is 29.7 Å². The summed E-state index contributed by atoms with van der Waals surface area (Å²) in [5.41, 5.74) is 0.888. The number of thiazole rings is 1. The number of aromatic nitrogens is 1. The topological polar surface area (TPSA) is 71.5 Å². The fourth-order valence-corrected chi connectivity index (χ4v) is 4.80. The molecule has 4 rings (SSSR count). The van der Waals surface area contributed by atoms with Crippen molar-refractivity contribution in [3.63, 3.8) is 0 Å². The Kier molecular flexibility index (Phi) is 5.99. The number of nitrogens with one attached hydrogen (secondary N) is 1. The molecule has 1 aliphatic rings. The lowest BCUT2D eigenvalue weighted by atomic mass is 10.2. The Hall–Kier alpha value is -2.29. The molecule has 1 fully saturated rings. The average Bonchev–Trinajstić information content (AvgIpc) is 3.47. The predicted molar refractivity (Wildman–Crippen MR) is 112 cm³/mol. The standard InChI is InChI=1S/C20H21N3O3S2/c24-18(9-10-21-19(25)17-8-4-12-27-17)23(13-14-5-3-11-26-14)20-22-15-6-1-2-7-16(15)28-20/h1-2,4,6-8,12,14H,3,5,9-11,13H2,(H,21,25). The summed E-state index contributed by atoms with van der Waals surface area (Å²) in [7, 11) is 0. The Labute approximate surface area is 171 Å². The van der Waals surface area contributed by atoms with Crippen molar-refractivity contribution >= 4 is 49.8 Å². The van der Waals surface area contributed by atoms with Crippen LogP contribution < -0.4 is 10.2 Å². The summed E-state index contributed by atoms with van der Waals surface area (Å²) in [5, 5.41) is 5.36. The van der Waals surface area contributed by atoms with Crippen molar-refractivity contribution in [1.29, 1.82) is 0 Å². The van der Waals surface area contributed by atoms with Gasteiger partial charge in [-0.2, -0.15) is 0 Å². The van der Waals surface area contributed by atoms with Crippen LogP contribution in [0.5, 0.6) is 0 Å². The zero-order valence-corrected chi connectivity index (χ0v) is 16.9. The van der Waals surface area contributed by atoms with E-state index in [1.807, 2.05) is 35.7 Å². The van der Waals surface area contributed by atoms with Gasteiger partial charge in [-0.1, -0.05) is 29.5 Å². The summed E-state index contributed by atoms with van der Waals surface area (Å²) in [6.45, 7) is 1.53. The molecular formula is C20H21N3O3S2. The van der Waals surface area contributed by atoms with E-state index in [2.05, 4.69) is 10.3 Å². The fourth-order valence-electron chi connectivity index (χ4n) is 3.17. The number of carbonyl (C=O) groups is 2. The van der Waals surface area contributed by atoms with Gasteiger partial charge in [0.25, 0.3) is 5.91 Å². The number of para-hydroxylation sites is 1. The maximum Gasteiger partial charge on any atom is 0.261 e. The van der Waals surface area contributed by atoms with Gasteiger partial charge < -0.3 is 10.1 Å². The third-order valence-corrected chi connectivity index (χ3v) is 6.52. The molecule has 1 saturated heterocycles. The van der Waals surface area contributed by atoms with Crippen LogP contribution in [0.1, 0.15) is 28.9 Å². The van der Waals surface area contributed by atoms with Crippen LogP contribution in [-0.2, 0) is 9.53 Å². The summed E-state index contributed by atoms with van der Waals surface area (Å²) in [6, 6.07) is 11.5. The maximum atomic E-state index is 13.0. The van der Waals surface area contributed by atoms with Crippen LogP contribution in [0.2, 0.25) is 0 Å². The van der Waals surface area contributed by atoms with E-state index in [1.165, 1.54) is 22.7 Å². The van der Waals surface area contributed by atoms with Gasteiger partial charge in [0.05, 0.1) is 27.7 Å². The number of carbonyl (C=O) groups excluding carboxylic acids is 2. The Morgan fingerprint density at radius 2 is 2.14 bits per heavy atom. The minimum atomic E-state index is -0.145. The van der Waals surface area contributed by atoms with E-state index in [1.54, 1.807) is 11.0 Å². The number of hydrogen-bond donors (Lipinski definition) is 1. The van der Waals surface area contributed by atoms with Gasteiger partial charge in [0.2, 0.25) is 5.91 Å². The number of fused-ring (bicyclic) bond motifs is 1. The fraction of sp³-hybridized carbons (Fsp3) is 0.350. The molecule has 8 heteroatoms. The van der Waals surface area contributed by atoms with E-state index >= 15 is 0 Å². The summed E-state index contributed by atoms with van der Waals surface area (Å²) in [5.74, 6) is -0.200. The molecule has 1 aliphatic heterocycles. The molecule has 0 spiro atoms. The second-order valence-corrected chi connectivity index (χ2v) is 8.54. The SMILES string of the molecule is O=C(NCCC(=O)N(CC1CCCO1)c1nc2ccccc2s1)c1cccs1. The average molecular weight is 416 g/mol. The summed E-state index contributed by atoms with van der Waals surface area (Å²) in [4.78, 5) is 32.0. The highest BCUT2D eigenvalue weighted by molar-refractivity contribution is 7.22. The molecule has 2 amide bonds. The van der Waals surface area contributed by atoms with Gasteiger partial charge in [-0.3, -0.25) is 14.5 Å². The zero-order valence-electron chi connectivity index (χ0n) is 15.3. The molecule has 0 aliphatic carbocycles. The van der Waals surface area contributed by atoms with Crippen molar-refractivity contribution in [2.24, 2.45) is 0 Å². The van der Waals surface area contributed by atoms with Gasteiger partial charge in [0.15, 0.2) is 5.13 Å². The molecule has 1 atom stereocenters. The molecule has 28 heavy (non-hydrogen) atoms. The molecule has 6 nitrogen and oxygen atoms in total. The summed E-state index contributed by atoms with van der Waals surface area (Å²) in [6.07, 6.45) is 2.23. The van der Waals surface area contributed by atoms with Gasteiger partial charge in [0.1, 0.15) is 0 Å². The van der Waals surface area contributed by atoms with Gasteiger partial charge in [0, 0.05) is 19.6 Å². The Bertz CT molecular complexity index is 916. The second kappa shape index (κ2) is 8.81. The number of amides is 2. The summed E-state index contributed by atoms with van der Waals surface area (Å²) >= 11 is 2.89. The number of thiophene rings is 1. The van der Waals surface area contributed by atoms with Crippen LogP contribution in [0, 0.1) is 0 Å². The highest BCUT2D eigenvalue weighted by atomic mass is 32.1. The number of anilines is 1. The first-order chi connectivity index (χ1) is 13.7. The van der Waals surface area contributed by atoms with E-state index in [0.29, 0.717) is 23.1 Å². The number of benzene rings is 1. The van der Waals surface area contributed by atoms with Gasteiger partial charge in [-0.25, -0.2) is 4.98 Å². The van der Waals surface area contributed by atoms with Crippen LogP contribution in [0.25, 0.3) is 10.2 Å². The minimum Gasteiger partial charge on any atom is -0.376 e. The quantitative estimate of drug-likeness (QED) is 0.639. The van der Waals surface area contributed by atoms with Crippen molar-refractivity contribution in [1.82, 2.24) is 10.3 Å². The lowest BCUT2D eigenvalue weighted by Gasteiger charge is -2.23. The molecule has 0 radical (unpaired) electrons. The number of hydrogen-bond acceptors (Lipinski definition) is 6. The molecule has 2 aromatic heterocycles. The molecule has 1 unspecified atom stereocenters. The van der Waals surface area contributed by atoms with Crippen LogP contribution in [-0.4, -0.2) is 42.6 Å². The van der Waals surface area contributed by atoms with Crippen molar-refractivity contribution in [3.8, 4) is 0 Å². The normalized spacial score (nSPS) is 16.4. The largest absolute Gasteiger partial charge is 0.376 e. The number of ether oxygens (including phenoxy) is 1. The molecule has 0 saturated carbocycles. The first-order valence-corrected chi connectivity index (χ1v) is 11.0. The van der Waals surface area contributed by atoms with Gasteiger partial charge in [-0.15, -0.1) is 11.3 Å². The van der Waals surface area contributed by atoms with Gasteiger partial charge in [-0.05, 0) is 36.4 Å². The molecule has 0 bridgehead atoms. The maximum absolute atomic E-state index is 13.0. The van der Waals surface area contributed by atoms with Crippen molar-refractivity contribution in [2.45, 2.75) is 25.4 Å². The third-order valence-electron chi connectivity index (χ3n) is 4.59. The first-order valence-electron chi connectivity index (χ1n) is 9.30. The smallest absolute Gasteiger partial charge is 0.261 e. The monoisotopic (exact) mass is 415 g/mol. The van der Waals surface area contributed by atoms with Crippen LogP contribution >= 0.6 is 22.7 Å². The molecule has 1 aromatic carbocycles. The first kappa shape index (κ1) is 19.0. The lowest BCUT2D eigenvalue weighted by molar-refractivity contribution is -0.118. The van der Waals surface area contributed by atoms with E-state index in [9.17, 15) is 9.59 Å². The molecule has 3 aromatic rings. The third kappa shape index (κ3) is 4.40. The lowest BCUT2D eigenvalue weighted by Crippen LogP contribution is -2.39. The van der Waals surface area contributed by atoms with Crippen molar-refractivity contribution in [3.05, 3.63) is 46.7 Å². The molecule has 1 N–H and O–H groups in total. The van der Waals surface area contributed by atoms with E-state index in [4.69, 9.17) is 4.74 Å². The predicted octanol–water partition coefficient (Wildman–Crippen LogP) is 3.69. The van der Waals surface area contributed by atoms with Crippen LogP contribution in [0.15, 0.2) is 41.8 Å². The molecule has 146 valence electrons. The minimum absolute atomic E-state index is 0.0386. The van der Waals surface area contributed by atoms with Gasteiger partial charge >= 0.3 is 0 Å². The second-order valence-electron chi connectivity index (χ2n) is 6.59. The number of nitrogens with zero attached hydrogens (tertiary/aromatic N) is 2. The van der Waals surface area contributed by atoms with E-state index in [-0.39, 0.29) is 24.3 Å². The Morgan fingerprint density at radius 3 is 2.89 bits per heavy atom. The highest BCUT2D eigenvalue weighted by Gasteiger charge is 2.26. The molecular weight excluding hydrogens is 394 g/mol. The van der Waals surface area contributed by atoms with E-state index < -0.39 is 0 Å².